The minimum atomic E-state index is -0.139. The van der Waals surface area contributed by atoms with Crippen LogP contribution in [-0.2, 0) is 16.1 Å². The summed E-state index contributed by atoms with van der Waals surface area (Å²) in [7, 11) is 3.25. The second kappa shape index (κ2) is 10.2. The minimum Gasteiger partial charge on any atom is -0.493 e. The highest BCUT2D eigenvalue weighted by molar-refractivity contribution is 5.73. The van der Waals surface area contributed by atoms with Gasteiger partial charge >= 0.3 is 0 Å². The largest absolute Gasteiger partial charge is 0.493 e. The predicted molar refractivity (Wildman–Crippen MR) is 123 cm³/mol. The monoisotopic (exact) mass is 425 g/mol. The average Bonchev–Trinajstić information content (AvgIpc) is 2.76. The molecule has 0 saturated carbocycles. The van der Waals surface area contributed by atoms with Crippen LogP contribution in [0.3, 0.4) is 0 Å². The van der Waals surface area contributed by atoms with Crippen molar-refractivity contribution < 1.29 is 19.0 Å². The molecule has 2 atom stereocenters. The molecule has 0 bridgehead atoms. The van der Waals surface area contributed by atoms with Gasteiger partial charge in [-0.3, -0.25) is 4.79 Å². The van der Waals surface area contributed by atoms with E-state index >= 15 is 0 Å². The summed E-state index contributed by atoms with van der Waals surface area (Å²) in [6.45, 7) is 7.95. The summed E-state index contributed by atoms with van der Waals surface area (Å²) in [5.41, 5.74) is 2.21. The van der Waals surface area contributed by atoms with Crippen LogP contribution in [-0.4, -0.2) is 43.8 Å². The number of hydrogen-bond donors (Lipinski definition) is 0. The zero-order valence-electron chi connectivity index (χ0n) is 19.4. The molecule has 31 heavy (non-hydrogen) atoms. The molecular formula is C26H35NO4. The number of benzene rings is 2. The molecule has 1 saturated heterocycles. The van der Waals surface area contributed by atoms with Gasteiger partial charge in [-0.1, -0.05) is 36.4 Å². The Bertz CT molecular complexity index is 865. The highest BCUT2D eigenvalue weighted by Gasteiger charge is 2.36. The molecule has 1 amide bonds. The van der Waals surface area contributed by atoms with Crippen molar-refractivity contribution in [1.29, 1.82) is 0 Å². The molecule has 1 aliphatic heterocycles. The molecule has 1 heterocycles. The van der Waals surface area contributed by atoms with Crippen LogP contribution in [0.2, 0.25) is 0 Å². The van der Waals surface area contributed by atoms with E-state index in [1.165, 1.54) is 5.56 Å². The fourth-order valence-corrected chi connectivity index (χ4v) is 4.52. The number of methoxy groups -OCH3 is 2. The molecule has 2 aromatic rings. The van der Waals surface area contributed by atoms with E-state index in [9.17, 15) is 4.79 Å². The van der Waals surface area contributed by atoms with Crippen molar-refractivity contribution in [2.45, 2.75) is 51.7 Å². The maximum Gasteiger partial charge on any atom is 0.219 e. The van der Waals surface area contributed by atoms with Gasteiger partial charge in [0.1, 0.15) is 0 Å². The van der Waals surface area contributed by atoms with Gasteiger partial charge in [-0.15, -0.1) is 0 Å². The van der Waals surface area contributed by atoms with Crippen molar-refractivity contribution in [2.24, 2.45) is 5.92 Å². The van der Waals surface area contributed by atoms with Crippen LogP contribution in [0.25, 0.3) is 0 Å². The normalized spacial score (nSPS) is 20.2. The number of hydrogen-bond acceptors (Lipinski definition) is 4. The van der Waals surface area contributed by atoms with E-state index in [4.69, 9.17) is 14.2 Å². The molecule has 168 valence electrons. The standard InChI is InChI=1S/C26H35NO4/c1-19(28)27(17-20-11-12-24(29-4)25(15-20)30-5)14-13-22-16-26(2,3)31-18-23(22)21-9-7-6-8-10-21/h6-12,15,22-23H,13-14,16-18H2,1-5H3/t22-,23+/m0/s1. The maximum absolute atomic E-state index is 12.4. The molecule has 1 aliphatic rings. The molecule has 1 fully saturated rings. The number of carbonyl (C=O) groups excluding carboxylic acids is 1. The van der Waals surface area contributed by atoms with Crippen LogP contribution in [0.1, 0.15) is 50.7 Å². The first-order valence-corrected chi connectivity index (χ1v) is 11.0. The summed E-state index contributed by atoms with van der Waals surface area (Å²) in [5, 5.41) is 0. The van der Waals surface area contributed by atoms with Crippen molar-refractivity contribution in [3.63, 3.8) is 0 Å². The van der Waals surface area contributed by atoms with Gasteiger partial charge < -0.3 is 19.1 Å². The van der Waals surface area contributed by atoms with E-state index in [1.807, 2.05) is 29.2 Å². The third-order valence-electron chi connectivity index (χ3n) is 6.24. The third kappa shape index (κ3) is 6.01. The number of amides is 1. The van der Waals surface area contributed by atoms with Crippen LogP contribution in [0, 0.1) is 5.92 Å². The Morgan fingerprint density at radius 2 is 1.81 bits per heavy atom. The van der Waals surface area contributed by atoms with Crippen LogP contribution in [0.4, 0.5) is 0 Å². The van der Waals surface area contributed by atoms with Gasteiger partial charge in [-0.2, -0.15) is 0 Å². The Morgan fingerprint density at radius 3 is 2.45 bits per heavy atom. The fourth-order valence-electron chi connectivity index (χ4n) is 4.52. The molecular weight excluding hydrogens is 390 g/mol. The summed E-state index contributed by atoms with van der Waals surface area (Å²) >= 11 is 0. The number of carbonyl (C=O) groups is 1. The first-order valence-electron chi connectivity index (χ1n) is 11.0. The molecule has 0 N–H and O–H groups in total. The molecule has 5 heteroatoms. The van der Waals surface area contributed by atoms with E-state index in [0.717, 1.165) is 25.0 Å². The molecule has 0 radical (unpaired) electrons. The maximum atomic E-state index is 12.4. The topological polar surface area (TPSA) is 48.0 Å². The summed E-state index contributed by atoms with van der Waals surface area (Å²) in [4.78, 5) is 14.3. The smallest absolute Gasteiger partial charge is 0.219 e. The minimum absolute atomic E-state index is 0.0809. The molecule has 0 spiro atoms. The highest BCUT2D eigenvalue weighted by Crippen LogP contribution is 2.40. The zero-order valence-corrected chi connectivity index (χ0v) is 19.4. The zero-order chi connectivity index (χ0) is 22.4. The molecule has 0 aliphatic carbocycles. The van der Waals surface area contributed by atoms with Crippen molar-refractivity contribution >= 4 is 5.91 Å². The third-order valence-corrected chi connectivity index (χ3v) is 6.24. The second-order valence-corrected chi connectivity index (χ2v) is 8.97. The predicted octanol–water partition coefficient (Wildman–Crippen LogP) is 5.04. The number of ether oxygens (including phenoxy) is 3. The summed E-state index contributed by atoms with van der Waals surface area (Å²) in [6.07, 6.45) is 1.92. The van der Waals surface area contributed by atoms with E-state index in [2.05, 4.69) is 38.1 Å². The van der Waals surface area contributed by atoms with E-state index < -0.39 is 0 Å². The van der Waals surface area contributed by atoms with Gasteiger partial charge in [-0.25, -0.2) is 0 Å². The van der Waals surface area contributed by atoms with Crippen molar-refractivity contribution in [2.75, 3.05) is 27.4 Å². The molecule has 2 aromatic carbocycles. The van der Waals surface area contributed by atoms with Crippen LogP contribution in [0.5, 0.6) is 11.5 Å². The molecule has 5 nitrogen and oxygen atoms in total. The van der Waals surface area contributed by atoms with E-state index in [1.54, 1.807) is 21.1 Å². The first-order chi connectivity index (χ1) is 14.8. The lowest BCUT2D eigenvalue weighted by atomic mass is 9.76. The summed E-state index contributed by atoms with van der Waals surface area (Å²) < 4.78 is 16.9. The van der Waals surface area contributed by atoms with Crippen molar-refractivity contribution in [3.8, 4) is 11.5 Å². The van der Waals surface area contributed by atoms with Crippen LogP contribution < -0.4 is 9.47 Å². The highest BCUT2D eigenvalue weighted by atomic mass is 16.5. The Kier molecular flexibility index (Phi) is 7.60. The van der Waals surface area contributed by atoms with Gasteiger partial charge in [0, 0.05) is 25.9 Å². The lowest BCUT2D eigenvalue weighted by Gasteiger charge is -2.42. The van der Waals surface area contributed by atoms with Gasteiger partial charge in [-0.05, 0) is 55.9 Å². The number of nitrogens with zero attached hydrogens (tertiary/aromatic N) is 1. The Morgan fingerprint density at radius 1 is 1.10 bits per heavy atom. The van der Waals surface area contributed by atoms with Crippen molar-refractivity contribution in [3.05, 3.63) is 59.7 Å². The van der Waals surface area contributed by atoms with Gasteiger partial charge in [0.2, 0.25) is 5.91 Å². The SMILES string of the molecule is COc1ccc(CN(CC[C@H]2CC(C)(C)OC[C@@H]2c2ccccc2)C(C)=O)cc1OC. The Hall–Kier alpha value is -2.53. The van der Waals surface area contributed by atoms with Crippen molar-refractivity contribution in [1.82, 2.24) is 4.90 Å². The lowest BCUT2D eigenvalue weighted by molar-refractivity contribution is -0.130. The van der Waals surface area contributed by atoms with Gasteiger partial charge in [0.15, 0.2) is 11.5 Å². The van der Waals surface area contributed by atoms with Crippen LogP contribution in [0.15, 0.2) is 48.5 Å². The van der Waals surface area contributed by atoms with E-state index in [0.29, 0.717) is 36.4 Å². The first kappa shape index (κ1) is 23.1. The average molecular weight is 426 g/mol. The molecule has 0 unspecified atom stereocenters. The quantitative estimate of drug-likeness (QED) is 0.594. The lowest BCUT2D eigenvalue weighted by Crippen LogP contribution is -2.40. The number of rotatable bonds is 8. The summed E-state index contributed by atoms with van der Waals surface area (Å²) in [6, 6.07) is 16.4. The van der Waals surface area contributed by atoms with Gasteiger partial charge in [0.05, 0.1) is 26.4 Å². The van der Waals surface area contributed by atoms with E-state index in [-0.39, 0.29) is 11.5 Å². The molecule has 3 rings (SSSR count). The second-order valence-electron chi connectivity index (χ2n) is 8.97. The van der Waals surface area contributed by atoms with Gasteiger partial charge in [0.25, 0.3) is 0 Å². The fraction of sp³-hybridized carbons (Fsp3) is 0.500. The molecule has 0 aromatic heterocycles. The Balaban J connectivity index is 1.72. The Labute approximate surface area is 186 Å². The van der Waals surface area contributed by atoms with Crippen LogP contribution >= 0.6 is 0 Å². The summed E-state index contributed by atoms with van der Waals surface area (Å²) in [5.74, 6) is 2.26.